The molecule has 2 aromatic rings. The number of carbonyl (C=O) groups excluding carboxylic acids is 1. The van der Waals surface area contributed by atoms with Crippen molar-refractivity contribution in [3.8, 4) is 11.5 Å². The Hall–Kier alpha value is -2.35. The van der Waals surface area contributed by atoms with Gasteiger partial charge >= 0.3 is 0 Å². The van der Waals surface area contributed by atoms with Crippen LogP contribution < -0.4 is 14.8 Å². The number of carbonyl (C=O) groups is 1. The minimum Gasteiger partial charge on any atom is -0.497 e. The molecule has 0 saturated heterocycles. The fourth-order valence-corrected chi connectivity index (χ4v) is 1.89. The molecule has 0 radical (unpaired) electrons. The smallest absolute Gasteiger partial charge is 0.251 e. The lowest BCUT2D eigenvalue weighted by Crippen LogP contribution is -2.24. The molecule has 0 aliphatic rings. The highest BCUT2D eigenvalue weighted by Gasteiger charge is 2.11. The average Bonchev–Trinajstić information content (AvgIpc) is 2.83. The highest BCUT2D eigenvalue weighted by Crippen LogP contribution is 2.22. The minimum atomic E-state index is -0.249. The molecule has 0 spiro atoms. The van der Waals surface area contributed by atoms with E-state index in [2.05, 4.69) is 15.5 Å². The molecular weight excluding hydrogens is 292 g/mol. The van der Waals surface area contributed by atoms with Crippen LogP contribution in [-0.2, 0) is 13.6 Å². The van der Waals surface area contributed by atoms with Crippen LogP contribution in [0.2, 0.25) is 0 Å². The Morgan fingerprint density at radius 1 is 1.33 bits per heavy atom. The standard InChI is InChI=1S/C13H16N4O3S/c1-17-11(15-16-13(17)21)7-14-12(18)8-4-9(19-2)6-10(5-8)20-3/h4-6H,7H2,1-3H3,(H,14,18)(H,16,21). The normalized spacial score (nSPS) is 10.2. The van der Waals surface area contributed by atoms with E-state index in [0.717, 1.165) is 0 Å². The molecule has 0 aliphatic carbocycles. The molecule has 2 N–H and O–H groups in total. The number of aromatic amines is 1. The number of ether oxygens (including phenoxy) is 2. The Morgan fingerprint density at radius 3 is 2.43 bits per heavy atom. The summed E-state index contributed by atoms with van der Waals surface area (Å²) in [6.07, 6.45) is 0. The summed E-state index contributed by atoms with van der Waals surface area (Å²) in [5, 5.41) is 9.46. The first-order chi connectivity index (χ1) is 10.0. The molecule has 21 heavy (non-hydrogen) atoms. The van der Waals surface area contributed by atoms with E-state index in [4.69, 9.17) is 21.7 Å². The summed E-state index contributed by atoms with van der Waals surface area (Å²) in [6, 6.07) is 4.98. The van der Waals surface area contributed by atoms with Crippen LogP contribution in [-0.4, -0.2) is 34.9 Å². The summed E-state index contributed by atoms with van der Waals surface area (Å²) in [6.45, 7) is 0.266. The number of aromatic nitrogens is 3. The van der Waals surface area contributed by atoms with Gasteiger partial charge in [-0.1, -0.05) is 0 Å². The molecule has 1 heterocycles. The minimum absolute atomic E-state index is 0.249. The van der Waals surface area contributed by atoms with Crippen molar-refractivity contribution in [1.82, 2.24) is 20.1 Å². The molecule has 2 rings (SSSR count). The molecule has 7 nitrogen and oxygen atoms in total. The number of nitrogens with one attached hydrogen (secondary N) is 2. The van der Waals surface area contributed by atoms with Crippen molar-refractivity contribution in [2.45, 2.75) is 6.54 Å². The van der Waals surface area contributed by atoms with Gasteiger partial charge in [-0.2, -0.15) is 5.10 Å². The van der Waals surface area contributed by atoms with Crippen molar-refractivity contribution in [3.63, 3.8) is 0 Å². The van der Waals surface area contributed by atoms with Crippen LogP contribution in [0.4, 0.5) is 0 Å². The second-order valence-corrected chi connectivity index (χ2v) is 4.67. The van der Waals surface area contributed by atoms with Crippen LogP contribution >= 0.6 is 12.2 Å². The zero-order valence-corrected chi connectivity index (χ0v) is 12.8. The van der Waals surface area contributed by atoms with Gasteiger partial charge in [0.1, 0.15) is 11.5 Å². The number of hydrogen-bond acceptors (Lipinski definition) is 5. The van der Waals surface area contributed by atoms with Gasteiger partial charge in [-0.25, -0.2) is 0 Å². The first-order valence-corrected chi connectivity index (χ1v) is 6.57. The zero-order valence-electron chi connectivity index (χ0n) is 12.0. The topological polar surface area (TPSA) is 81.2 Å². The summed E-state index contributed by atoms with van der Waals surface area (Å²) < 4.78 is 12.5. The van der Waals surface area contributed by atoms with E-state index < -0.39 is 0 Å². The molecule has 0 atom stereocenters. The number of amides is 1. The van der Waals surface area contributed by atoms with Crippen molar-refractivity contribution in [3.05, 3.63) is 34.4 Å². The number of nitrogens with zero attached hydrogens (tertiary/aromatic N) is 2. The molecule has 8 heteroatoms. The maximum atomic E-state index is 12.2. The lowest BCUT2D eigenvalue weighted by molar-refractivity contribution is 0.0949. The molecule has 0 fully saturated rings. The van der Waals surface area contributed by atoms with Gasteiger partial charge in [0.15, 0.2) is 10.6 Å². The SMILES string of the molecule is COc1cc(OC)cc(C(=O)NCc2n[nH]c(=S)n2C)c1. The lowest BCUT2D eigenvalue weighted by atomic mass is 10.2. The van der Waals surface area contributed by atoms with Crippen LogP contribution in [0.15, 0.2) is 18.2 Å². The van der Waals surface area contributed by atoms with Gasteiger partial charge in [-0.15, -0.1) is 0 Å². The third-order valence-corrected chi connectivity index (χ3v) is 3.36. The highest BCUT2D eigenvalue weighted by atomic mass is 32.1. The maximum absolute atomic E-state index is 12.2. The van der Waals surface area contributed by atoms with Gasteiger partial charge < -0.3 is 19.4 Å². The van der Waals surface area contributed by atoms with E-state index in [1.807, 2.05) is 0 Å². The van der Waals surface area contributed by atoms with Gasteiger partial charge in [0, 0.05) is 18.7 Å². The van der Waals surface area contributed by atoms with E-state index in [1.165, 1.54) is 14.2 Å². The number of H-pyrrole nitrogens is 1. The summed E-state index contributed by atoms with van der Waals surface area (Å²) in [5.74, 6) is 1.50. The van der Waals surface area contributed by atoms with E-state index in [-0.39, 0.29) is 12.5 Å². The van der Waals surface area contributed by atoms with Crippen molar-refractivity contribution in [2.75, 3.05) is 14.2 Å². The number of methoxy groups -OCH3 is 2. The second kappa shape index (κ2) is 6.40. The summed E-state index contributed by atoms with van der Waals surface area (Å²) in [4.78, 5) is 12.2. The Kier molecular flexibility index (Phi) is 4.59. The molecule has 1 amide bonds. The highest BCUT2D eigenvalue weighted by molar-refractivity contribution is 7.71. The largest absolute Gasteiger partial charge is 0.497 e. The molecule has 0 bridgehead atoms. The molecule has 0 unspecified atom stereocenters. The Balaban J connectivity index is 2.13. The zero-order chi connectivity index (χ0) is 15.4. The number of rotatable bonds is 5. The van der Waals surface area contributed by atoms with Crippen molar-refractivity contribution in [1.29, 1.82) is 0 Å². The molecule has 0 aliphatic heterocycles. The monoisotopic (exact) mass is 308 g/mol. The van der Waals surface area contributed by atoms with Crippen LogP contribution in [0.1, 0.15) is 16.2 Å². The van der Waals surface area contributed by atoms with Gasteiger partial charge in [0.2, 0.25) is 0 Å². The van der Waals surface area contributed by atoms with Crippen LogP contribution in [0, 0.1) is 4.77 Å². The fraction of sp³-hybridized carbons (Fsp3) is 0.308. The second-order valence-electron chi connectivity index (χ2n) is 4.29. The maximum Gasteiger partial charge on any atom is 0.251 e. The number of hydrogen-bond donors (Lipinski definition) is 2. The van der Waals surface area contributed by atoms with E-state index in [1.54, 1.807) is 29.8 Å². The van der Waals surface area contributed by atoms with Crippen molar-refractivity contribution < 1.29 is 14.3 Å². The average molecular weight is 308 g/mol. The van der Waals surface area contributed by atoms with E-state index in [9.17, 15) is 4.79 Å². The first kappa shape index (κ1) is 15.0. The molecule has 1 aromatic heterocycles. The number of benzene rings is 1. The summed E-state index contributed by atoms with van der Waals surface area (Å²) in [7, 11) is 4.85. The molecule has 0 saturated carbocycles. The third kappa shape index (κ3) is 3.40. The Labute approximate surface area is 126 Å². The van der Waals surface area contributed by atoms with Crippen LogP contribution in [0.3, 0.4) is 0 Å². The third-order valence-electron chi connectivity index (χ3n) is 2.99. The first-order valence-electron chi connectivity index (χ1n) is 6.16. The van der Waals surface area contributed by atoms with Gasteiger partial charge in [0.05, 0.1) is 20.8 Å². The van der Waals surface area contributed by atoms with Crippen LogP contribution in [0.5, 0.6) is 11.5 Å². The Morgan fingerprint density at radius 2 is 1.95 bits per heavy atom. The molecule has 112 valence electrons. The van der Waals surface area contributed by atoms with Crippen molar-refractivity contribution >= 4 is 18.1 Å². The van der Waals surface area contributed by atoms with Crippen molar-refractivity contribution in [2.24, 2.45) is 7.05 Å². The summed E-state index contributed by atoms with van der Waals surface area (Å²) >= 11 is 5.01. The molecular formula is C13H16N4O3S. The fourth-order valence-electron chi connectivity index (χ4n) is 1.74. The van der Waals surface area contributed by atoms with Gasteiger partial charge in [0.25, 0.3) is 5.91 Å². The predicted molar refractivity (Wildman–Crippen MR) is 79.1 cm³/mol. The lowest BCUT2D eigenvalue weighted by Gasteiger charge is -2.09. The van der Waals surface area contributed by atoms with Crippen LogP contribution in [0.25, 0.3) is 0 Å². The quantitative estimate of drug-likeness (QED) is 0.817. The van der Waals surface area contributed by atoms with Gasteiger partial charge in [-0.3, -0.25) is 9.89 Å². The predicted octanol–water partition coefficient (Wildman–Crippen LogP) is 1.42. The van der Waals surface area contributed by atoms with E-state index in [0.29, 0.717) is 27.7 Å². The molecule has 1 aromatic carbocycles. The van der Waals surface area contributed by atoms with Gasteiger partial charge in [-0.05, 0) is 24.4 Å². The summed E-state index contributed by atoms with van der Waals surface area (Å²) in [5.41, 5.74) is 0.447. The van der Waals surface area contributed by atoms with E-state index >= 15 is 0 Å². The Bertz CT molecular complexity index is 685.